The van der Waals surface area contributed by atoms with Crippen LogP contribution in [-0.4, -0.2) is 33.1 Å². The maximum absolute atomic E-state index is 10.8. The molecule has 0 bridgehead atoms. The van der Waals surface area contributed by atoms with E-state index in [9.17, 15) is 19.8 Å². The molecule has 0 unspecified atom stereocenters. The van der Waals surface area contributed by atoms with Crippen LogP contribution in [0.25, 0.3) is 0 Å². The van der Waals surface area contributed by atoms with E-state index in [1.54, 1.807) is 0 Å². The van der Waals surface area contributed by atoms with Crippen molar-refractivity contribution in [2.45, 2.75) is 126 Å². The monoisotopic (exact) mass is 516 g/mol. The van der Waals surface area contributed by atoms with Gasteiger partial charge in [-0.2, -0.15) is 0 Å². The molecule has 0 saturated heterocycles. The van der Waals surface area contributed by atoms with Crippen LogP contribution in [0.2, 0.25) is 9.88 Å². The van der Waals surface area contributed by atoms with Crippen molar-refractivity contribution in [3.05, 3.63) is 11.6 Å². The molecule has 0 spiro atoms. The number of hydrogen-bond donors (Lipinski definition) is 0. The van der Waals surface area contributed by atoms with Gasteiger partial charge in [0.05, 0.1) is 11.9 Å². The summed E-state index contributed by atoms with van der Waals surface area (Å²) in [6.45, 7) is 2.25. The molecule has 0 fully saturated rings. The molecule has 0 atom stereocenters. The second-order valence-electron chi connectivity index (χ2n) is 7.83. The molecule has 0 radical (unpaired) electrons. The van der Waals surface area contributed by atoms with Gasteiger partial charge in [-0.3, -0.25) is 0 Å². The maximum atomic E-state index is 10.8. The summed E-state index contributed by atoms with van der Waals surface area (Å²) in [4.78, 5) is 25.8. The van der Waals surface area contributed by atoms with Gasteiger partial charge >= 0.3 is 31.0 Å². The Labute approximate surface area is 190 Å². The van der Waals surface area contributed by atoms with Gasteiger partial charge in [-0.05, 0) is 24.5 Å². The predicted octanol–water partition coefficient (Wildman–Crippen LogP) is 4.85. The predicted molar refractivity (Wildman–Crippen MR) is 120 cm³/mol. The van der Waals surface area contributed by atoms with Gasteiger partial charge in [0.15, 0.2) is 0 Å². The number of aliphatic carboxylic acids is 2. The Balaban J connectivity index is 0. The Hall–Kier alpha value is -0.521. The summed E-state index contributed by atoms with van der Waals surface area (Å²) < 4.78 is 0. The Bertz CT molecular complexity index is 408. The van der Waals surface area contributed by atoms with Crippen LogP contribution in [0.5, 0.6) is 0 Å². The van der Waals surface area contributed by atoms with E-state index in [4.69, 9.17) is 0 Å². The van der Waals surface area contributed by atoms with Gasteiger partial charge in [-0.25, -0.2) is 0 Å². The van der Waals surface area contributed by atoms with Crippen molar-refractivity contribution in [2.75, 3.05) is 0 Å². The van der Waals surface area contributed by atoms with Gasteiger partial charge in [0.25, 0.3) is 0 Å². The molecular weight excluding hydrogens is 471 g/mol. The minimum atomic E-state index is -1.47. The van der Waals surface area contributed by atoms with Crippen LogP contribution in [0.15, 0.2) is 11.6 Å². The van der Waals surface area contributed by atoms with Gasteiger partial charge < -0.3 is 19.8 Å². The summed E-state index contributed by atoms with van der Waals surface area (Å²) in [6, 6.07) is 0. The van der Waals surface area contributed by atoms with Crippen LogP contribution >= 0.6 is 0 Å². The molecule has 0 heterocycles. The third-order valence-electron chi connectivity index (χ3n) is 4.85. The third-order valence-corrected chi connectivity index (χ3v) is 4.85. The number of hydrogen-bond acceptors (Lipinski definition) is 4. The van der Waals surface area contributed by atoms with Crippen LogP contribution in [0.1, 0.15) is 116 Å². The Morgan fingerprint density at radius 1 is 0.655 bits per heavy atom. The second-order valence-corrected chi connectivity index (χ2v) is 10.7. The normalized spacial score (nSPS) is 10.8. The van der Waals surface area contributed by atoms with Gasteiger partial charge in [0.1, 0.15) is 0 Å². The Morgan fingerprint density at radius 2 is 0.966 bits per heavy atom. The van der Waals surface area contributed by atoms with E-state index < -0.39 is 11.9 Å². The number of carboxylic acids is 2. The average Bonchev–Trinajstić information content (AvgIpc) is 2.67. The molecule has 5 heteroatoms. The minimum absolute atomic E-state index is 0.171. The first-order valence-electron chi connectivity index (χ1n) is 11.7. The summed E-state index contributed by atoms with van der Waals surface area (Å²) in [6.07, 6.45) is 21.0. The zero-order valence-corrected chi connectivity index (χ0v) is 22.1. The van der Waals surface area contributed by atoms with Crippen LogP contribution in [0.4, 0.5) is 0 Å². The fourth-order valence-corrected chi connectivity index (χ4v) is 3.24. The van der Waals surface area contributed by atoms with Crippen molar-refractivity contribution >= 4 is 33.1 Å². The van der Waals surface area contributed by atoms with Crippen LogP contribution in [0.3, 0.4) is 0 Å². The number of carboxylic acid groups (broad SMARTS) is 2. The van der Waals surface area contributed by atoms with E-state index in [1.807, 2.05) is 0 Å². The molecule has 0 aromatic rings. The SMILES string of the molecule is CCCCCCCCCCCCCCCCCC/C(=C/C(=O)[O-])C(=O)[O-].[CH3][Sn+2][CH3]. The molecule has 0 rings (SSSR count). The van der Waals surface area contributed by atoms with E-state index in [2.05, 4.69) is 16.8 Å². The van der Waals surface area contributed by atoms with Crippen molar-refractivity contribution in [1.82, 2.24) is 0 Å². The standard InChI is InChI=1S/C22H40O4.2CH3.Sn/c1-2-3-4-5-6-7-8-9-10-11-12-13-14-15-16-17-18-20(22(25)26)19-21(23)24;;;/h19H,2-18H2,1H3,(H,23,24)(H,25,26);2*1H3;/q;;;+2/p-2/b20-19-;;;. The number of carbonyl (C=O) groups is 2. The van der Waals surface area contributed by atoms with Gasteiger partial charge in [-0.1, -0.05) is 103 Å². The summed E-state index contributed by atoms with van der Waals surface area (Å²) in [5.41, 5.74) is -0.171. The average molecular weight is 515 g/mol. The second kappa shape index (κ2) is 25.5. The van der Waals surface area contributed by atoms with E-state index in [1.165, 1.54) is 83.5 Å². The molecule has 0 aliphatic heterocycles. The van der Waals surface area contributed by atoms with Crippen molar-refractivity contribution in [1.29, 1.82) is 0 Å². The molecule has 0 aromatic heterocycles. The molecule has 29 heavy (non-hydrogen) atoms. The van der Waals surface area contributed by atoms with Gasteiger partial charge in [0, 0.05) is 0 Å². The molecule has 0 aliphatic carbocycles. The summed E-state index contributed by atoms with van der Waals surface area (Å²) in [5.74, 6) is -2.88. The van der Waals surface area contributed by atoms with Crippen LogP contribution < -0.4 is 10.2 Å². The van der Waals surface area contributed by atoms with E-state index in [-0.39, 0.29) is 33.1 Å². The summed E-state index contributed by atoms with van der Waals surface area (Å²) >= 11 is 0.230. The van der Waals surface area contributed by atoms with E-state index >= 15 is 0 Å². The first-order valence-corrected chi connectivity index (χ1v) is 17.4. The molecule has 0 amide bonds. The fraction of sp³-hybridized carbons (Fsp3) is 0.833. The third kappa shape index (κ3) is 27.5. The molecule has 0 saturated carbocycles. The van der Waals surface area contributed by atoms with Crippen molar-refractivity contribution in [3.8, 4) is 0 Å². The Morgan fingerprint density at radius 3 is 1.24 bits per heavy atom. The van der Waals surface area contributed by atoms with Crippen LogP contribution in [0, 0.1) is 0 Å². The zero-order valence-electron chi connectivity index (χ0n) is 19.2. The first kappa shape index (κ1) is 30.7. The molecule has 0 N–H and O–H groups in total. The van der Waals surface area contributed by atoms with Gasteiger partial charge in [0.2, 0.25) is 0 Å². The topological polar surface area (TPSA) is 80.3 Å². The summed E-state index contributed by atoms with van der Waals surface area (Å²) in [7, 11) is 0. The molecule has 168 valence electrons. The number of carbonyl (C=O) groups excluding carboxylic acids is 2. The Kier molecular flexibility index (Phi) is 27.0. The summed E-state index contributed by atoms with van der Waals surface area (Å²) in [5, 5.41) is 21.2. The van der Waals surface area contributed by atoms with Crippen molar-refractivity contribution in [2.24, 2.45) is 0 Å². The van der Waals surface area contributed by atoms with Crippen molar-refractivity contribution in [3.63, 3.8) is 0 Å². The molecule has 0 aliphatic rings. The molecular formula is C24H44O4Sn. The van der Waals surface area contributed by atoms with Crippen LogP contribution in [-0.2, 0) is 9.59 Å². The zero-order chi connectivity index (χ0) is 22.2. The van der Waals surface area contributed by atoms with E-state index in [0.29, 0.717) is 12.5 Å². The van der Waals surface area contributed by atoms with Crippen molar-refractivity contribution < 1.29 is 19.8 Å². The number of unbranched alkanes of at least 4 members (excludes halogenated alkanes) is 15. The van der Waals surface area contributed by atoms with E-state index in [0.717, 1.165) is 12.8 Å². The number of rotatable bonds is 19. The molecule has 0 aromatic carbocycles. The fourth-order valence-electron chi connectivity index (χ4n) is 3.24. The van der Waals surface area contributed by atoms with Gasteiger partial charge in [-0.15, -0.1) is 0 Å². The molecule has 4 nitrogen and oxygen atoms in total. The first-order chi connectivity index (χ1) is 14.0. The quantitative estimate of drug-likeness (QED) is 0.140.